The molecule has 0 aliphatic rings. The van der Waals surface area contributed by atoms with Gasteiger partial charge in [0, 0.05) is 4.83 Å². The molecule has 1 rings (SSSR count). The molecule has 2 heteroatoms. The molecule has 0 bridgehead atoms. The van der Waals surface area contributed by atoms with Crippen molar-refractivity contribution in [1.82, 2.24) is 0 Å². The zero-order valence-corrected chi connectivity index (χ0v) is 12.1. The molecular formula is C14H20BrF. The van der Waals surface area contributed by atoms with Crippen molar-refractivity contribution in [3.63, 3.8) is 0 Å². The molecule has 1 aromatic carbocycles. The van der Waals surface area contributed by atoms with Crippen LogP contribution in [0.5, 0.6) is 0 Å². The highest BCUT2D eigenvalue weighted by Crippen LogP contribution is 2.29. The van der Waals surface area contributed by atoms with Crippen molar-refractivity contribution < 1.29 is 4.39 Å². The minimum Gasteiger partial charge on any atom is -0.207 e. The second kappa shape index (κ2) is 5.31. The first-order valence-electron chi connectivity index (χ1n) is 5.69. The molecule has 0 fully saturated rings. The maximum Gasteiger partial charge on any atom is 0.123 e. The summed E-state index contributed by atoms with van der Waals surface area (Å²) in [7, 11) is 0. The van der Waals surface area contributed by atoms with Crippen molar-refractivity contribution in [3.05, 3.63) is 35.1 Å². The smallest absolute Gasteiger partial charge is 0.123 e. The molecule has 0 aliphatic carbocycles. The predicted molar refractivity (Wildman–Crippen MR) is 71.6 cm³/mol. The number of halogens is 2. The van der Waals surface area contributed by atoms with Crippen molar-refractivity contribution in [1.29, 1.82) is 0 Å². The van der Waals surface area contributed by atoms with Gasteiger partial charge in [0.1, 0.15) is 5.82 Å². The third-order valence-electron chi connectivity index (χ3n) is 2.73. The number of benzene rings is 1. The average molecular weight is 287 g/mol. The first-order valence-corrected chi connectivity index (χ1v) is 6.61. The van der Waals surface area contributed by atoms with Gasteiger partial charge in [-0.05, 0) is 48.4 Å². The maximum absolute atomic E-state index is 13.2. The zero-order chi connectivity index (χ0) is 12.3. The van der Waals surface area contributed by atoms with Gasteiger partial charge in [-0.2, -0.15) is 0 Å². The van der Waals surface area contributed by atoms with Crippen molar-refractivity contribution in [3.8, 4) is 0 Å². The van der Waals surface area contributed by atoms with Crippen LogP contribution in [0.1, 0.15) is 38.3 Å². The first kappa shape index (κ1) is 13.7. The van der Waals surface area contributed by atoms with E-state index in [0.717, 1.165) is 24.0 Å². The molecule has 0 nitrogen and oxygen atoms in total. The lowest BCUT2D eigenvalue weighted by Gasteiger charge is -2.25. The second-order valence-corrected chi connectivity index (χ2v) is 6.61. The van der Waals surface area contributed by atoms with E-state index < -0.39 is 0 Å². The Balaban J connectivity index is 2.61. The molecule has 0 spiro atoms. The average Bonchev–Trinajstić information content (AvgIpc) is 2.11. The standard InChI is InChI=1S/C14H20BrF/c1-10-7-11(9-12(16)8-10)5-6-13(15)14(2,3)4/h7-9,13H,5-6H2,1-4H3. The van der Waals surface area contributed by atoms with Crippen LogP contribution in [-0.2, 0) is 6.42 Å². The summed E-state index contributed by atoms with van der Waals surface area (Å²) in [5.74, 6) is -0.128. The molecule has 1 unspecified atom stereocenters. The van der Waals surface area contributed by atoms with Gasteiger partial charge in [0.05, 0.1) is 0 Å². The van der Waals surface area contributed by atoms with Crippen LogP contribution >= 0.6 is 15.9 Å². The Morgan fingerprint density at radius 1 is 1.25 bits per heavy atom. The molecule has 0 amide bonds. The van der Waals surface area contributed by atoms with Crippen molar-refractivity contribution >= 4 is 15.9 Å². The first-order chi connectivity index (χ1) is 7.29. The molecule has 1 aromatic rings. The third-order valence-corrected chi connectivity index (χ3v) is 4.56. The molecule has 0 aliphatic heterocycles. The highest BCUT2D eigenvalue weighted by Gasteiger charge is 2.21. The predicted octanol–water partition coefficient (Wildman–Crippen LogP) is 4.88. The van der Waals surface area contributed by atoms with Gasteiger partial charge in [-0.25, -0.2) is 4.39 Å². The minimum atomic E-state index is -0.128. The number of alkyl halides is 1. The lowest BCUT2D eigenvalue weighted by atomic mass is 9.88. The van der Waals surface area contributed by atoms with Gasteiger partial charge in [0.15, 0.2) is 0 Å². The van der Waals surface area contributed by atoms with Gasteiger partial charge in [-0.3, -0.25) is 0 Å². The number of hydrogen-bond donors (Lipinski definition) is 0. The lowest BCUT2D eigenvalue weighted by Crippen LogP contribution is -2.20. The van der Waals surface area contributed by atoms with Crippen LogP contribution < -0.4 is 0 Å². The quantitative estimate of drug-likeness (QED) is 0.695. The van der Waals surface area contributed by atoms with E-state index in [-0.39, 0.29) is 11.2 Å². The monoisotopic (exact) mass is 286 g/mol. The Morgan fingerprint density at radius 3 is 2.38 bits per heavy atom. The summed E-state index contributed by atoms with van der Waals surface area (Å²) in [6, 6.07) is 5.26. The van der Waals surface area contributed by atoms with Crippen LogP contribution in [0.25, 0.3) is 0 Å². The van der Waals surface area contributed by atoms with E-state index in [2.05, 4.69) is 42.8 Å². The normalized spacial score (nSPS) is 13.9. The molecule has 0 saturated carbocycles. The Kier molecular flexibility index (Phi) is 4.54. The highest BCUT2D eigenvalue weighted by atomic mass is 79.9. The van der Waals surface area contributed by atoms with E-state index in [1.807, 2.05) is 6.92 Å². The van der Waals surface area contributed by atoms with Crippen molar-refractivity contribution in [2.75, 3.05) is 0 Å². The summed E-state index contributed by atoms with van der Waals surface area (Å²) in [4.78, 5) is 0.462. The molecule has 16 heavy (non-hydrogen) atoms. The summed E-state index contributed by atoms with van der Waals surface area (Å²) in [6.45, 7) is 8.57. The fraction of sp³-hybridized carbons (Fsp3) is 0.571. The van der Waals surface area contributed by atoms with E-state index in [4.69, 9.17) is 0 Å². The maximum atomic E-state index is 13.2. The second-order valence-electron chi connectivity index (χ2n) is 5.51. The Labute approximate surface area is 106 Å². The molecule has 0 aromatic heterocycles. The van der Waals surface area contributed by atoms with E-state index in [0.29, 0.717) is 4.83 Å². The van der Waals surface area contributed by atoms with Gasteiger partial charge in [-0.15, -0.1) is 0 Å². The third kappa shape index (κ3) is 4.25. The molecule has 0 heterocycles. The molecule has 0 radical (unpaired) electrons. The Hall–Kier alpha value is -0.370. The topological polar surface area (TPSA) is 0 Å². The minimum absolute atomic E-state index is 0.128. The fourth-order valence-corrected chi connectivity index (χ4v) is 1.91. The number of rotatable bonds is 3. The summed E-state index contributed by atoms with van der Waals surface area (Å²) in [5, 5.41) is 0. The number of aryl methyl sites for hydroxylation is 2. The largest absolute Gasteiger partial charge is 0.207 e. The SMILES string of the molecule is Cc1cc(F)cc(CCC(Br)C(C)(C)C)c1. The fourth-order valence-electron chi connectivity index (χ4n) is 1.68. The molecular weight excluding hydrogens is 267 g/mol. The van der Waals surface area contributed by atoms with Crippen molar-refractivity contribution in [2.24, 2.45) is 5.41 Å². The van der Waals surface area contributed by atoms with Crippen LogP contribution in [-0.4, -0.2) is 4.83 Å². The van der Waals surface area contributed by atoms with Crippen molar-refractivity contribution in [2.45, 2.75) is 45.4 Å². The highest BCUT2D eigenvalue weighted by molar-refractivity contribution is 9.09. The summed E-state index contributed by atoms with van der Waals surface area (Å²) < 4.78 is 13.2. The Morgan fingerprint density at radius 2 is 1.88 bits per heavy atom. The van der Waals surface area contributed by atoms with Gasteiger partial charge >= 0.3 is 0 Å². The summed E-state index contributed by atoms with van der Waals surface area (Å²) in [5.41, 5.74) is 2.34. The van der Waals surface area contributed by atoms with Gasteiger partial charge in [0.25, 0.3) is 0 Å². The van der Waals surface area contributed by atoms with Crippen LogP contribution in [0.3, 0.4) is 0 Å². The number of hydrogen-bond acceptors (Lipinski definition) is 0. The Bertz CT molecular complexity index is 332. The zero-order valence-electron chi connectivity index (χ0n) is 10.5. The summed E-state index contributed by atoms with van der Waals surface area (Å²) in [6.07, 6.45) is 1.96. The summed E-state index contributed by atoms with van der Waals surface area (Å²) >= 11 is 3.70. The van der Waals surface area contributed by atoms with E-state index in [1.165, 1.54) is 0 Å². The lowest BCUT2D eigenvalue weighted by molar-refractivity contribution is 0.385. The van der Waals surface area contributed by atoms with Gasteiger partial charge in [0.2, 0.25) is 0 Å². The van der Waals surface area contributed by atoms with E-state index >= 15 is 0 Å². The van der Waals surface area contributed by atoms with Crippen LogP contribution in [0.15, 0.2) is 18.2 Å². The van der Waals surface area contributed by atoms with Crippen LogP contribution in [0.4, 0.5) is 4.39 Å². The van der Waals surface area contributed by atoms with Gasteiger partial charge < -0.3 is 0 Å². The molecule has 90 valence electrons. The van der Waals surface area contributed by atoms with Gasteiger partial charge in [-0.1, -0.05) is 42.8 Å². The van der Waals surface area contributed by atoms with Crippen LogP contribution in [0.2, 0.25) is 0 Å². The van der Waals surface area contributed by atoms with E-state index in [1.54, 1.807) is 12.1 Å². The van der Waals surface area contributed by atoms with E-state index in [9.17, 15) is 4.39 Å². The molecule has 0 saturated heterocycles. The molecule has 1 atom stereocenters. The van der Waals surface area contributed by atoms with Crippen LogP contribution in [0, 0.1) is 18.2 Å². The molecule has 0 N–H and O–H groups in total.